The topological polar surface area (TPSA) is 127 Å². The zero-order valence-electron chi connectivity index (χ0n) is 12.9. The molecule has 0 aromatic heterocycles. The van der Waals surface area contributed by atoms with Crippen molar-refractivity contribution in [3.63, 3.8) is 0 Å². The molecule has 0 saturated heterocycles. The molecule has 0 radical (unpaired) electrons. The van der Waals surface area contributed by atoms with E-state index in [0.29, 0.717) is 17.5 Å². The van der Waals surface area contributed by atoms with Crippen molar-refractivity contribution in [2.45, 2.75) is 20.3 Å². The average Bonchev–Trinajstić information content (AvgIpc) is 2.48. The maximum absolute atomic E-state index is 11.1. The van der Waals surface area contributed by atoms with Crippen LogP contribution < -0.4 is 11.5 Å². The highest BCUT2D eigenvalue weighted by Gasteiger charge is 2.16. The third-order valence-electron chi connectivity index (χ3n) is 4.10. The molecule has 0 fully saturated rings. The summed E-state index contributed by atoms with van der Waals surface area (Å²) in [5, 5.41) is 18.2. The van der Waals surface area contributed by atoms with Crippen molar-refractivity contribution in [1.29, 1.82) is 0 Å². The number of rotatable bonds is 4. The summed E-state index contributed by atoms with van der Waals surface area (Å²) in [6.45, 7) is 3.53. The van der Waals surface area contributed by atoms with Gasteiger partial charge in [0.15, 0.2) is 0 Å². The van der Waals surface area contributed by atoms with Gasteiger partial charge in [0.05, 0.1) is 11.1 Å². The number of hydrogen-bond acceptors (Lipinski definition) is 4. The number of nitrogens with two attached hydrogens (primary N) is 2. The van der Waals surface area contributed by atoms with Crippen molar-refractivity contribution in [2.24, 2.45) is 0 Å². The van der Waals surface area contributed by atoms with Crippen LogP contribution in [0.15, 0.2) is 24.3 Å². The summed E-state index contributed by atoms with van der Waals surface area (Å²) >= 11 is 0. The third-order valence-corrected chi connectivity index (χ3v) is 4.10. The van der Waals surface area contributed by atoms with Crippen molar-refractivity contribution in [3.8, 4) is 0 Å². The summed E-state index contributed by atoms with van der Waals surface area (Å²) in [5.41, 5.74) is 15.5. The van der Waals surface area contributed by atoms with Crippen LogP contribution in [0.1, 0.15) is 43.0 Å². The van der Waals surface area contributed by atoms with Gasteiger partial charge in [-0.05, 0) is 54.7 Å². The van der Waals surface area contributed by atoms with Gasteiger partial charge in [-0.3, -0.25) is 0 Å². The molecule has 120 valence electrons. The highest BCUT2D eigenvalue weighted by Crippen LogP contribution is 2.27. The van der Waals surface area contributed by atoms with Crippen LogP contribution in [-0.2, 0) is 6.42 Å². The zero-order valence-corrected chi connectivity index (χ0v) is 12.9. The minimum atomic E-state index is -1.07. The Kier molecular flexibility index (Phi) is 4.27. The summed E-state index contributed by atoms with van der Waals surface area (Å²) in [6.07, 6.45) is 0.492. The van der Waals surface area contributed by atoms with E-state index in [0.717, 1.165) is 11.1 Å². The van der Waals surface area contributed by atoms with Crippen molar-refractivity contribution in [3.05, 3.63) is 57.6 Å². The van der Waals surface area contributed by atoms with Crippen molar-refractivity contribution < 1.29 is 19.8 Å². The maximum Gasteiger partial charge on any atom is 0.337 e. The normalized spacial score (nSPS) is 10.5. The number of hydrogen-bond donors (Lipinski definition) is 4. The van der Waals surface area contributed by atoms with Crippen LogP contribution in [0, 0.1) is 13.8 Å². The van der Waals surface area contributed by atoms with Crippen LogP contribution in [0.2, 0.25) is 0 Å². The van der Waals surface area contributed by atoms with Crippen LogP contribution in [0.25, 0.3) is 0 Å². The van der Waals surface area contributed by atoms with E-state index in [2.05, 4.69) is 0 Å². The predicted octanol–water partition coefficient (Wildman–Crippen LogP) is 2.46. The van der Waals surface area contributed by atoms with Crippen molar-refractivity contribution >= 4 is 23.3 Å². The standard InChI is InChI=1S/C17H18N2O4/c1-8-10(3-5-12(14(8)18)16(20)21)7-11-4-6-13(17(22)23)15(19)9(11)2/h3-6H,7,18-19H2,1-2H3,(H,20,21)(H,22,23). The second-order valence-electron chi connectivity index (χ2n) is 5.41. The Morgan fingerprint density at radius 2 is 1.17 bits per heavy atom. The van der Waals surface area contributed by atoms with Gasteiger partial charge in [-0.25, -0.2) is 9.59 Å². The second kappa shape index (κ2) is 6.00. The first-order chi connectivity index (χ1) is 10.7. The van der Waals surface area contributed by atoms with Gasteiger partial charge in [0.1, 0.15) is 0 Å². The van der Waals surface area contributed by atoms with Crippen LogP contribution in [0.4, 0.5) is 11.4 Å². The monoisotopic (exact) mass is 314 g/mol. The molecule has 2 aromatic carbocycles. The van der Waals surface area contributed by atoms with E-state index in [4.69, 9.17) is 21.7 Å². The maximum atomic E-state index is 11.1. The van der Waals surface area contributed by atoms with E-state index in [1.807, 2.05) is 0 Å². The summed E-state index contributed by atoms with van der Waals surface area (Å²) in [6, 6.07) is 6.39. The van der Waals surface area contributed by atoms with E-state index < -0.39 is 11.9 Å². The molecule has 0 aliphatic carbocycles. The number of carboxylic acids is 2. The molecule has 0 spiro atoms. The summed E-state index contributed by atoms with van der Waals surface area (Å²) in [7, 11) is 0. The molecule has 2 aromatic rings. The Labute approximate surface area is 133 Å². The molecular weight excluding hydrogens is 296 g/mol. The lowest BCUT2D eigenvalue weighted by Gasteiger charge is -2.14. The van der Waals surface area contributed by atoms with E-state index in [1.54, 1.807) is 26.0 Å². The summed E-state index contributed by atoms with van der Waals surface area (Å²) in [5.74, 6) is -2.13. The Hall–Kier alpha value is -3.02. The molecule has 6 nitrogen and oxygen atoms in total. The molecular formula is C17H18N2O4. The van der Waals surface area contributed by atoms with Gasteiger partial charge < -0.3 is 21.7 Å². The van der Waals surface area contributed by atoms with Gasteiger partial charge in [-0.2, -0.15) is 0 Å². The fourth-order valence-corrected chi connectivity index (χ4v) is 2.51. The molecule has 0 heterocycles. The van der Waals surface area contributed by atoms with E-state index in [9.17, 15) is 9.59 Å². The first-order valence-electron chi connectivity index (χ1n) is 6.96. The lowest BCUT2D eigenvalue weighted by Crippen LogP contribution is -2.08. The minimum Gasteiger partial charge on any atom is -0.478 e. The van der Waals surface area contributed by atoms with Crippen LogP contribution >= 0.6 is 0 Å². The molecule has 23 heavy (non-hydrogen) atoms. The van der Waals surface area contributed by atoms with Crippen LogP contribution in [-0.4, -0.2) is 22.2 Å². The molecule has 0 bridgehead atoms. The predicted molar refractivity (Wildman–Crippen MR) is 87.9 cm³/mol. The number of aromatic carboxylic acids is 2. The number of carboxylic acid groups (broad SMARTS) is 2. The van der Waals surface area contributed by atoms with E-state index in [-0.39, 0.29) is 22.5 Å². The number of anilines is 2. The smallest absolute Gasteiger partial charge is 0.337 e. The first kappa shape index (κ1) is 16.4. The Bertz CT molecular complexity index is 745. The summed E-state index contributed by atoms with van der Waals surface area (Å²) in [4.78, 5) is 22.2. The molecule has 0 saturated carbocycles. The minimum absolute atomic E-state index is 0.0729. The van der Waals surface area contributed by atoms with Crippen molar-refractivity contribution in [2.75, 3.05) is 11.5 Å². The highest BCUT2D eigenvalue weighted by atomic mass is 16.4. The largest absolute Gasteiger partial charge is 0.478 e. The fraction of sp³-hybridized carbons (Fsp3) is 0.176. The molecule has 0 amide bonds. The lowest BCUT2D eigenvalue weighted by molar-refractivity contribution is 0.0687. The highest BCUT2D eigenvalue weighted by molar-refractivity contribution is 5.95. The molecule has 2 rings (SSSR count). The van der Waals surface area contributed by atoms with Crippen LogP contribution in [0.5, 0.6) is 0 Å². The quantitative estimate of drug-likeness (QED) is 0.642. The Balaban J connectivity index is 2.45. The van der Waals surface area contributed by atoms with Gasteiger partial charge in [0.25, 0.3) is 0 Å². The molecule has 0 aliphatic rings. The number of nitrogen functional groups attached to an aromatic ring is 2. The average molecular weight is 314 g/mol. The number of carbonyl (C=O) groups is 2. The van der Waals surface area contributed by atoms with Gasteiger partial charge in [-0.1, -0.05) is 12.1 Å². The molecule has 6 heteroatoms. The first-order valence-corrected chi connectivity index (χ1v) is 6.96. The number of benzene rings is 2. The third kappa shape index (κ3) is 2.96. The van der Waals surface area contributed by atoms with E-state index >= 15 is 0 Å². The van der Waals surface area contributed by atoms with Crippen LogP contribution in [0.3, 0.4) is 0 Å². The van der Waals surface area contributed by atoms with E-state index in [1.165, 1.54) is 12.1 Å². The summed E-state index contributed by atoms with van der Waals surface area (Å²) < 4.78 is 0. The van der Waals surface area contributed by atoms with Gasteiger partial charge in [-0.15, -0.1) is 0 Å². The Morgan fingerprint density at radius 1 is 0.826 bits per heavy atom. The lowest BCUT2D eigenvalue weighted by atomic mass is 9.93. The van der Waals surface area contributed by atoms with Gasteiger partial charge in [0, 0.05) is 11.4 Å². The molecule has 0 atom stereocenters. The van der Waals surface area contributed by atoms with Gasteiger partial charge >= 0.3 is 11.9 Å². The Morgan fingerprint density at radius 3 is 1.48 bits per heavy atom. The molecule has 6 N–H and O–H groups in total. The second-order valence-corrected chi connectivity index (χ2v) is 5.41. The zero-order chi connectivity index (χ0) is 17.3. The molecule has 0 unspecified atom stereocenters. The van der Waals surface area contributed by atoms with Gasteiger partial charge in [0.2, 0.25) is 0 Å². The molecule has 0 aliphatic heterocycles. The SMILES string of the molecule is Cc1c(Cc2ccc(C(=O)O)c(N)c2C)ccc(C(=O)O)c1N. The fourth-order valence-electron chi connectivity index (χ4n) is 2.51. The van der Waals surface area contributed by atoms with Crippen molar-refractivity contribution in [1.82, 2.24) is 0 Å².